The van der Waals surface area contributed by atoms with Crippen LogP contribution in [0.15, 0.2) is 31.0 Å². The van der Waals surface area contributed by atoms with Crippen LogP contribution < -0.4 is 0 Å². The van der Waals surface area contributed by atoms with Gasteiger partial charge in [-0.25, -0.2) is 16.5 Å². The van der Waals surface area contributed by atoms with Crippen molar-refractivity contribution in [2.24, 2.45) is 5.92 Å². The standard InChI is InChI=1S/C23H32N6OSi/c1-24-14-21(18-7-5-6-8-18)29-15-19(13-27-29)22-20-9-10-28(23(20)26-16-25-22)17-30-11-12-31(2,3)4/h9-10,13,15-16,18,21H,5-8,11-12,14,17H2,2-4H3/t21-/m1/s1. The summed E-state index contributed by atoms with van der Waals surface area (Å²) in [6.07, 6.45) is 12.4. The van der Waals surface area contributed by atoms with Crippen LogP contribution in [0.5, 0.6) is 0 Å². The van der Waals surface area contributed by atoms with E-state index in [1.54, 1.807) is 6.33 Å². The molecule has 1 fully saturated rings. The maximum absolute atomic E-state index is 7.38. The van der Waals surface area contributed by atoms with Crippen LogP contribution in [0.2, 0.25) is 25.7 Å². The summed E-state index contributed by atoms with van der Waals surface area (Å²) in [6.45, 7) is 16.2. The Bertz CT molecular complexity index is 1050. The molecule has 4 rings (SSSR count). The topological polar surface area (TPSA) is 62.1 Å². The molecule has 1 atom stereocenters. The average Bonchev–Trinajstić information content (AvgIpc) is 3.50. The highest BCUT2D eigenvalue weighted by molar-refractivity contribution is 6.76. The number of rotatable bonds is 9. The largest absolute Gasteiger partial charge is 0.361 e. The van der Waals surface area contributed by atoms with E-state index >= 15 is 0 Å². The molecule has 3 aromatic rings. The fraction of sp³-hybridized carbons (Fsp3) is 0.565. The van der Waals surface area contributed by atoms with E-state index in [9.17, 15) is 0 Å². The molecular weight excluding hydrogens is 404 g/mol. The molecule has 0 saturated heterocycles. The second kappa shape index (κ2) is 9.33. The van der Waals surface area contributed by atoms with E-state index in [1.165, 1.54) is 25.7 Å². The van der Waals surface area contributed by atoms with Crippen LogP contribution in [-0.2, 0) is 11.5 Å². The average molecular weight is 437 g/mol. The molecule has 8 heteroatoms. The highest BCUT2D eigenvalue weighted by Crippen LogP contribution is 2.35. The quantitative estimate of drug-likeness (QED) is 0.261. The van der Waals surface area contributed by atoms with Crippen molar-refractivity contribution in [3.63, 3.8) is 0 Å². The maximum atomic E-state index is 7.38. The van der Waals surface area contributed by atoms with Crippen LogP contribution in [-0.4, -0.2) is 45.5 Å². The second-order valence-corrected chi connectivity index (χ2v) is 15.4. The fourth-order valence-corrected chi connectivity index (χ4v) is 5.16. The summed E-state index contributed by atoms with van der Waals surface area (Å²) in [5.41, 5.74) is 2.72. The third-order valence-corrected chi connectivity index (χ3v) is 7.92. The van der Waals surface area contributed by atoms with Crippen molar-refractivity contribution in [3.05, 3.63) is 42.4 Å². The summed E-state index contributed by atoms with van der Waals surface area (Å²) in [4.78, 5) is 12.8. The minimum absolute atomic E-state index is 0.149. The van der Waals surface area contributed by atoms with Gasteiger partial charge in [0.05, 0.1) is 11.9 Å². The molecule has 1 aliphatic carbocycles. The Morgan fingerprint density at radius 3 is 2.81 bits per heavy atom. The van der Waals surface area contributed by atoms with Gasteiger partial charge in [-0.05, 0) is 30.9 Å². The van der Waals surface area contributed by atoms with Gasteiger partial charge in [-0.15, -0.1) is 0 Å². The van der Waals surface area contributed by atoms with Crippen molar-refractivity contribution < 1.29 is 4.74 Å². The predicted molar refractivity (Wildman–Crippen MR) is 125 cm³/mol. The molecule has 31 heavy (non-hydrogen) atoms. The van der Waals surface area contributed by atoms with Gasteiger partial charge in [-0.3, -0.25) is 4.68 Å². The minimum atomic E-state index is -1.10. The molecule has 1 aliphatic rings. The Labute approximate surface area is 185 Å². The Kier molecular flexibility index (Phi) is 6.53. The van der Waals surface area contributed by atoms with Crippen LogP contribution in [0.3, 0.4) is 0 Å². The predicted octanol–water partition coefficient (Wildman–Crippen LogP) is 5.26. The monoisotopic (exact) mass is 436 g/mol. The van der Waals surface area contributed by atoms with Gasteiger partial charge < -0.3 is 14.1 Å². The smallest absolute Gasteiger partial charge is 0.237 e. The molecular formula is C23H32N6OSi. The molecule has 0 aliphatic heterocycles. The summed E-state index contributed by atoms with van der Waals surface area (Å²) in [6, 6.07) is 3.35. The van der Waals surface area contributed by atoms with Gasteiger partial charge in [-0.1, -0.05) is 32.5 Å². The first-order valence-corrected chi connectivity index (χ1v) is 14.9. The van der Waals surface area contributed by atoms with E-state index in [0.717, 1.165) is 34.9 Å². The van der Waals surface area contributed by atoms with Crippen molar-refractivity contribution >= 4 is 19.1 Å². The molecule has 0 N–H and O–H groups in total. The first kappa shape index (κ1) is 21.7. The summed E-state index contributed by atoms with van der Waals surface area (Å²) in [5.74, 6) is 0.543. The van der Waals surface area contributed by atoms with E-state index < -0.39 is 8.07 Å². The third-order valence-electron chi connectivity index (χ3n) is 6.22. The minimum Gasteiger partial charge on any atom is -0.361 e. The summed E-state index contributed by atoms with van der Waals surface area (Å²) < 4.78 is 9.95. The maximum Gasteiger partial charge on any atom is 0.237 e. The zero-order valence-electron chi connectivity index (χ0n) is 18.8. The molecule has 0 amide bonds. The molecule has 164 valence electrons. The highest BCUT2D eigenvalue weighted by Gasteiger charge is 2.29. The first-order chi connectivity index (χ1) is 15.0. The number of nitrogens with zero attached hydrogens (tertiary/aromatic N) is 6. The highest BCUT2D eigenvalue weighted by atomic mass is 28.3. The van der Waals surface area contributed by atoms with Gasteiger partial charge in [0.15, 0.2) is 0 Å². The number of hydrogen-bond donors (Lipinski definition) is 0. The van der Waals surface area contributed by atoms with Crippen molar-refractivity contribution in [2.45, 2.75) is 64.1 Å². The van der Waals surface area contributed by atoms with Crippen LogP contribution in [0, 0.1) is 12.5 Å². The van der Waals surface area contributed by atoms with Gasteiger partial charge in [0.2, 0.25) is 6.54 Å². The van der Waals surface area contributed by atoms with Crippen LogP contribution >= 0.6 is 0 Å². The number of fused-ring (bicyclic) bond motifs is 1. The lowest BCUT2D eigenvalue weighted by molar-refractivity contribution is 0.0899. The summed E-state index contributed by atoms with van der Waals surface area (Å²) in [7, 11) is -1.10. The lowest BCUT2D eigenvalue weighted by Gasteiger charge is -2.18. The van der Waals surface area contributed by atoms with Crippen LogP contribution in [0.1, 0.15) is 31.7 Å². The van der Waals surface area contributed by atoms with Crippen LogP contribution in [0.25, 0.3) is 27.1 Å². The third kappa shape index (κ3) is 5.05. The van der Waals surface area contributed by atoms with E-state index in [-0.39, 0.29) is 6.04 Å². The van der Waals surface area contributed by atoms with Gasteiger partial charge in [-0.2, -0.15) is 5.10 Å². The van der Waals surface area contributed by atoms with Gasteiger partial charge in [0, 0.05) is 38.0 Å². The Hall–Kier alpha value is -2.50. The zero-order valence-corrected chi connectivity index (χ0v) is 19.8. The Morgan fingerprint density at radius 2 is 2.06 bits per heavy atom. The van der Waals surface area contributed by atoms with Crippen molar-refractivity contribution in [1.82, 2.24) is 24.3 Å². The first-order valence-electron chi connectivity index (χ1n) is 11.2. The SMILES string of the molecule is [C-]#[N+]C[C@H](C1CCCC1)n1cc(-c2ncnc3c2ccn3COCC[Si](C)(C)C)cn1. The molecule has 0 radical (unpaired) electrons. The van der Waals surface area contributed by atoms with Crippen molar-refractivity contribution in [2.75, 3.05) is 13.2 Å². The van der Waals surface area contributed by atoms with E-state index in [0.29, 0.717) is 19.2 Å². The molecule has 7 nitrogen and oxygen atoms in total. The Morgan fingerprint density at radius 1 is 1.26 bits per heavy atom. The Balaban J connectivity index is 1.54. The normalized spacial score (nSPS) is 16.1. The van der Waals surface area contributed by atoms with Gasteiger partial charge in [0.1, 0.15) is 24.7 Å². The number of hydrogen-bond acceptors (Lipinski definition) is 4. The van der Waals surface area contributed by atoms with Crippen molar-refractivity contribution in [3.8, 4) is 11.3 Å². The molecule has 0 unspecified atom stereocenters. The molecule has 0 bridgehead atoms. The summed E-state index contributed by atoms with van der Waals surface area (Å²) in [5, 5.41) is 5.64. The van der Waals surface area contributed by atoms with Crippen LogP contribution in [0.4, 0.5) is 0 Å². The fourth-order valence-electron chi connectivity index (χ4n) is 4.41. The number of aromatic nitrogens is 5. The van der Waals surface area contributed by atoms with Crippen molar-refractivity contribution in [1.29, 1.82) is 0 Å². The molecule has 0 aromatic carbocycles. The molecule has 3 aromatic heterocycles. The second-order valence-electron chi connectivity index (χ2n) is 9.75. The van der Waals surface area contributed by atoms with E-state index in [4.69, 9.17) is 11.3 Å². The van der Waals surface area contributed by atoms with E-state index in [2.05, 4.69) is 51.8 Å². The van der Waals surface area contributed by atoms with Gasteiger partial charge >= 0.3 is 0 Å². The zero-order chi connectivity index (χ0) is 21.8. The number of ether oxygens (including phenoxy) is 1. The van der Waals surface area contributed by atoms with E-state index in [1.807, 2.05) is 21.6 Å². The molecule has 3 heterocycles. The molecule has 0 spiro atoms. The lowest BCUT2D eigenvalue weighted by Crippen LogP contribution is -2.22. The lowest BCUT2D eigenvalue weighted by atomic mass is 9.98. The summed E-state index contributed by atoms with van der Waals surface area (Å²) >= 11 is 0. The molecule has 1 saturated carbocycles. The van der Waals surface area contributed by atoms with Gasteiger partial charge in [0.25, 0.3) is 0 Å².